The van der Waals surface area contributed by atoms with E-state index >= 15 is 0 Å². The Morgan fingerprint density at radius 2 is 1.69 bits per heavy atom. The minimum absolute atomic E-state index is 0.163. The zero-order valence-electron chi connectivity index (χ0n) is 22.5. The number of aromatic nitrogens is 1. The second kappa shape index (κ2) is 11.0. The molecular formula is C31H41N3OS. The molecule has 2 aliphatic carbocycles. The molecule has 0 atom stereocenters. The van der Waals surface area contributed by atoms with Gasteiger partial charge in [0.05, 0.1) is 16.6 Å². The Kier molecular flexibility index (Phi) is 7.76. The number of aliphatic imine (C=N–C) groups is 1. The van der Waals surface area contributed by atoms with Crippen molar-refractivity contribution in [3.05, 3.63) is 57.2 Å². The lowest BCUT2D eigenvalue weighted by Crippen LogP contribution is -2.41. The van der Waals surface area contributed by atoms with Gasteiger partial charge in [0.15, 0.2) is 5.17 Å². The summed E-state index contributed by atoms with van der Waals surface area (Å²) in [6.45, 7) is 8.77. The highest BCUT2D eigenvalue weighted by molar-refractivity contribution is 8.18. The summed E-state index contributed by atoms with van der Waals surface area (Å²) in [4.78, 5) is 22.0. The van der Waals surface area contributed by atoms with Gasteiger partial charge in [-0.15, -0.1) is 0 Å². The van der Waals surface area contributed by atoms with Gasteiger partial charge in [0, 0.05) is 17.4 Å². The monoisotopic (exact) mass is 503 g/mol. The molecule has 2 aromatic rings. The van der Waals surface area contributed by atoms with Gasteiger partial charge < -0.3 is 4.57 Å². The lowest BCUT2D eigenvalue weighted by atomic mass is 9.94. The fourth-order valence-corrected chi connectivity index (χ4v) is 7.45. The lowest BCUT2D eigenvalue weighted by molar-refractivity contribution is -0.124. The van der Waals surface area contributed by atoms with Crippen LogP contribution in [0.25, 0.3) is 11.8 Å². The Morgan fingerprint density at radius 1 is 1.00 bits per heavy atom. The van der Waals surface area contributed by atoms with Crippen molar-refractivity contribution in [1.82, 2.24) is 9.47 Å². The number of rotatable bonds is 5. The topological polar surface area (TPSA) is 37.6 Å². The van der Waals surface area contributed by atoms with Gasteiger partial charge in [0.2, 0.25) is 0 Å². The van der Waals surface area contributed by atoms with Crippen LogP contribution in [-0.4, -0.2) is 32.6 Å². The lowest BCUT2D eigenvalue weighted by Gasteiger charge is -2.31. The summed E-state index contributed by atoms with van der Waals surface area (Å²) < 4.78 is 2.38. The predicted octanol–water partition coefficient (Wildman–Crippen LogP) is 7.90. The second-order valence-electron chi connectivity index (χ2n) is 10.9. The Labute approximate surface area is 221 Å². The molecule has 0 bridgehead atoms. The van der Waals surface area contributed by atoms with Gasteiger partial charge in [-0.1, -0.05) is 63.6 Å². The van der Waals surface area contributed by atoms with E-state index in [2.05, 4.69) is 67.5 Å². The average Bonchev–Trinajstić information content (AvgIpc) is 3.34. The highest BCUT2D eigenvalue weighted by atomic mass is 32.2. The molecule has 0 radical (unpaired) electrons. The number of aryl methyl sites for hydroxylation is 3. The molecule has 0 unspecified atom stereocenters. The Morgan fingerprint density at radius 3 is 2.39 bits per heavy atom. The average molecular weight is 504 g/mol. The zero-order valence-corrected chi connectivity index (χ0v) is 23.3. The van der Waals surface area contributed by atoms with Crippen LogP contribution in [0.15, 0.2) is 34.2 Å². The predicted molar refractivity (Wildman–Crippen MR) is 153 cm³/mol. The quantitative estimate of drug-likeness (QED) is 0.389. The van der Waals surface area contributed by atoms with Crippen LogP contribution in [0.4, 0.5) is 0 Å². The minimum Gasteiger partial charge on any atom is -0.317 e. The summed E-state index contributed by atoms with van der Waals surface area (Å²) >= 11 is 1.62. The SMILES string of the molecule is CCc1cccc(C)c1-n1c(C)cc(/C=C2\SC(=NC3CCCCC3)N(C3CCCCC3)C2=O)c1C. The first-order valence-corrected chi connectivity index (χ1v) is 14.9. The molecule has 1 saturated heterocycles. The number of amidine groups is 1. The van der Waals surface area contributed by atoms with Gasteiger partial charge >= 0.3 is 0 Å². The van der Waals surface area contributed by atoms with Crippen molar-refractivity contribution in [2.24, 2.45) is 4.99 Å². The Hall–Kier alpha value is -2.27. The third kappa shape index (κ3) is 4.96. The Balaban J connectivity index is 1.51. The summed E-state index contributed by atoms with van der Waals surface area (Å²) in [5, 5.41) is 0.964. The molecule has 1 amide bonds. The third-order valence-electron chi connectivity index (χ3n) is 8.33. The van der Waals surface area contributed by atoms with E-state index in [1.54, 1.807) is 11.8 Å². The van der Waals surface area contributed by atoms with E-state index in [1.165, 1.54) is 66.7 Å². The molecule has 5 rings (SSSR count). The molecule has 192 valence electrons. The van der Waals surface area contributed by atoms with Crippen molar-refractivity contribution in [3.8, 4) is 5.69 Å². The van der Waals surface area contributed by atoms with Crippen LogP contribution in [-0.2, 0) is 11.2 Å². The number of amides is 1. The van der Waals surface area contributed by atoms with Crippen LogP contribution in [0.2, 0.25) is 0 Å². The number of hydrogen-bond donors (Lipinski definition) is 0. The molecule has 4 nitrogen and oxygen atoms in total. The van der Waals surface area contributed by atoms with Gasteiger partial charge in [-0.25, -0.2) is 0 Å². The van der Waals surface area contributed by atoms with Gasteiger partial charge in [-0.05, 0) is 93.5 Å². The normalized spacial score (nSPS) is 22.3. The van der Waals surface area contributed by atoms with Crippen molar-refractivity contribution in [2.45, 2.75) is 110 Å². The van der Waals surface area contributed by atoms with E-state index in [4.69, 9.17) is 4.99 Å². The van der Waals surface area contributed by atoms with Crippen molar-refractivity contribution in [3.63, 3.8) is 0 Å². The fraction of sp³-hybridized carbons (Fsp3) is 0.548. The summed E-state index contributed by atoms with van der Waals surface area (Å²) in [5.74, 6) is 0.163. The van der Waals surface area contributed by atoms with Gasteiger partial charge in [-0.2, -0.15) is 0 Å². The molecule has 1 aliphatic heterocycles. The van der Waals surface area contributed by atoms with Crippen LogP contribution in [0.1, 0.15) is 99.2 Å². The third-order valence-corrected chi connectivity index (χ3v) is 9.32. The van der Waals surface area contributed by atoms with Gasteiger partial charge in [0.1, 0.15) is 0 Å². The van der Waals surface area contributed by atoms with Crippen molar-refractivity contribution in [1.29, 1.82) is 0 Å². The number of nitrogens with zero attached hydrogens (tertiary/aromatic N) is 3. The van der Waals surface area contributed by atoms with E-state index in [9.17, 15) is 4.79 Å². The maximum Gasteiger partial charge on any atom is 0.267 e. The highest BCUT2D eigenvalue weighted by Crippen LogP contribution is 2.39. The first-order valence-electron chi connectivity index (χ1n) is 14.1. The van der Waals surface area contributed by atoms with E-state index in [-0.39, 0.29) is 5.91 Å². The number of thioether (sulfide) groups is 1. The molecule has 2 heterocycles. The van der Waals surface area contributed by atoms with E-state index in [0.717, 1.165) is 47.7 Å². The summed E-state index contributed by atoms with van der Waals surface area (Å²) in [5.41, 5.74) is 7.46. The van der Waals surface area contributed by atoms with Gasteiger partial charge in [0.25, 0.3) is 5.91 Å². The summed E-state index contributed by atoms with van der Waals surface area (Å²) in [6.07, 6.45) is 15.2. The molecule has 36 heavy (non-hydrogen) atoms. The van der Waals surface area contributed by atoms with Crippen LogP contribution in [0.5, 0.6) is 0 Å². The zero-order chi connectivity index (χ0) is 25.2. The molecule has 2 saturated carbocycles. The fourth-order valence-electron chi connectivity index (χ4n) is 6.35. The van der Waals surface area contributed by atoms with Crippen molar-refractivity contribution in [2.75, 3.05) is 0 Å². The first-order chi connectivity index (χ1) is 17.5. The molecule has 3 aliphatic rings. The van der Waals surface area contributed by atoms with Crippen molar-refractivity contribution >= 4 is 28.9 Å². The molecule has 3 fully saturated rings. The number of hydrogen-bond acceptors (Lipinski definition) is 3. The second-order valence-corrected chi connectivity index (χ2v) is 11.9. The van der Waals surface area contributed by atoms with Gasteiger partial charge in [-0.3, -0.25) is 14.7 Å². The number of carbonyl (C=O) groups excluding carboxylic acids is 1. The molecule has 1 aromatic heterocycles. The maximum atomic E-state index is 13.8. The number of benzene rings is 1. The van der Waals surface area contributed by atoms with E-state index in [1.807, 2.05) is 0 Å². The molecular weight excluding hydrogens is 462 g/mol. The molecule has 1 aromatic carbocycles. The summed E-state index contributed by atoms with van der Waals surface area (Å²) in [7, 11) is 0. The molecule has 5 heteroatoms. The van der Waals surface area contributed by atoms with Crippen molar-refractivity contribution < 1.29 is 4.79 Å². The van der Waals surface area contributed by atoms with Crippen LogP contribution in [0.3, 0.4) is 0 Å². The standard InChI is InChI=1S/C31H41N3OS/c1-5-24-14-12-13-21(2)29(24)33-22(3)19-25(23(33)4)20-28-30(35)34(27-17-10-7-11-18-27)31(36-28)32-26-15-8-6-9-16-26/h12-14,19-20,26-27H,5-11,15-18H2,1-4H3/b28-20-,32-31?. The molecule has 0 N–H and O–H groups in total. The maximum absolute atomic E-state index is 13.8. The Bertz CT molecular complexity index is 1180. The number of carbonyl (C=O) groups is 1. The largest absolute Gasteiger partial charge is 0.317 e. The minimum atomic E-state index is 0.163. The van der Waals surface area contributed by atoms with Crippen LogP contribution in [0, 0.1) is 20.8 Å². The first kappa shape index (κ1) is 25.4. The molecule has 0 spiro atoms. The smallest absolute Gasteiger partial charge is 0.267 e. The highest BCUT2D eigenvalue weighted by Gasteiger charge is 2.39. The number of para-hydroxylation sites is 1. The summed E-state index contributed by atoms with van der Waals surface area (Å²) in [6, 6.07) is 9.49. The van der Waals surface area contributed by atoms with E-state index < -0.39 is 0 Å². The van der Waals surface area contributed by atoms with E-state index in [0.29, 0.717) is 12.1 Å². The van der Waals surface area contributed by atoms with Crippen LogP contribution < -0.4 is 0 Å². The van der Waals surface area contributed by atoms with Crippen LogP contribution >= 0.6 is 11.8 Å².